The molecule has 2 aromatic rings. The zero-order valence-corrected chi connectivity index (χ0v) is 13.2. The minimum absolute atomic E-state index is 0.0938. The number of hydrogen-bond acceptors (Lipinski definition) is 5. The fourth-order valence-corrected chi connectivity index (χ4v) is 2.26. The van der Waals surface area contributed by atoms with Crippen molar-refractivity contribution in [1.29, 1.82) is 0 Å². The Morgan fingerprint density at radius 1 is 1.33 bits per heavy atom. The van der Waals surface area contributed by atoms with Gasteiger partial charge in [0.1, 0.15) is 12.3 Å². The lowest BCUT2D eigenvalue weighted by Crippen LogP contribution is -2.44. The lowest BCUT2D eigenvalue weighted by atomic mass is 10.3. The number of nitrogens with two attached hydrogens (primary N) is 1. The second-order valence-corrected chi connectivity index (χ2v) is 5.28. The molecule has 7 nitrogen and oxygen atoms in total. The van der Waals surface area contributed by atoms with E-state index in [1.165, 1.54) is 6.07 Å². The normalized spacial score (nSPS) is 15.5. The molecule has 0 atom stereocenters. The van der Waals surface area contributed by atoms with Crippen LogP contribution in [0.25, 0.3) is 0 Å². The number of guanidine groups is 1. The zero-order chi connectivity index (χ0) is 16.8. The second kappa shape index (κ2) is 7.78. The molecule has 24 heavy (non-hydrogen) atoms. The number of aliphatic imine (C=N–C) groups is 1. The number of aromatic nitrogens is 1. The van der Waals surface area contributed by atoms with Crippen LogP contribution in [0.1, 0.15) is 11.5 Å². The molecule has 0 radical (unpaired) electrons. The summed E-state index contributed by atoms with van der Waals surface area (Å²) in [5, 5.41) is 3.91. The Labute approximate surface area is 138 Å². The van der Waals surface area contributed by atoms with Crippen LogP contribution in [0.5, 0.6) is 5.75 Å². The van der Waals surface area contributed by atoms with E-state index < -0.39 is 5.82 Å². The highest BCUT2D eigenvalue weighted by Crippen LogP contribution is 2.17. The summed E-state index contributed by atoms with van der Waals surface area (Å²) in [5.74, 6) is 0.712. The van der Waals surface area contributed by atoms with Crippen molar-refractivity contribution in [2.45, 2.75) is 13.2 Å². The van der Waals surface area contributed by atoms with E-state index in [0.29, 0.717) is 37.2 Å². The molecule has 8 heteroatoms. The maximum atomic E-state index is 13.5. The fraction of sp³-hybridized carbons (Fsp3) is 0.375. The maximum absolute atomic E-state index is 13.5. The first-order valence-corrected chi connectivity index (χ1v) is 7.67. The number of ether oxygens (including phenoxy) is 2. The lowest BCUT2D eigenvalue weighted by Gasteiger charge is -2.27. The summed E-state index contributed by atoms with van der Waals surface area (Å²) in [5.41, 5.74) is 6.59. The van der Waals surface area contributed by atoms with E-state index in [1.807, 2.05) is 4.90 Å². The van der Waals surface area contributed by atoms with Gasteiger partial charge in [0.2, 0.25) is 0 Å². The molecule has 1 aromatic heterocycles. The average molecular weight is 334 g/mol. The van der Waals surface area contributed by atoms with E-state index in [4.69, 9.17) is 19.7 Å². The highest BCUT2D eigenvalue weighted by atomic mass is 19.1. The van der Waals surface area contributed by atoms with Gasteiger partial charge in [0.25, 0.3) is 0 Å². The molecule has 0 spiro atoms. The Morgan fingerprint density at radius 3 is 2.92 bits per heavy atom. The van der Waals surface area contributed by atoms with Crippen LogP contribution in [0.15, 0.2) is 39.8 Å². The zero-order valence-electron chi connectivity index (χ0n) is 13.2. The summed E-state index contributed by atoms with van der Waals surface area (Å²) in [6.45, 7) is 3.17. The van der Waals surface area contributed by atoms with E-state index in [2.05, 4.69) is 10.1 Å². The molecule has 128 valence electrons. The van der Waals surface area contributed by atoms with Crippen molar-refractivity contribution in [3.63, 3.8) is 0 Å². The predicted molar refractivity (Wildman–Crippen MR) is 85.0 cm³/mol. The van der Waals surface area contributed by atoms with Crippen molar-refractivity contribution in [2.24, 2.45) is 10.7 Å². The van der Waals surface area contributed by atoms with Crippen LogP contribution in [0.2, 0.25) is 0 Å². The summed E-state index contributed by atoms with van der Waals surface area (Å²) >= 11 is 0. The topological polar surface area (TPSA) is 86.1 Å². The predicted octanol–water partition coefficient (Wildman–Crippen LogP) is 1.54. The largest absolute Gasteiger partial charge is 0.482 e. The first kappa shape index (κ1) is 16.3. The minimum Gasteiger partial charge on any atom is -0.482 e. The van der Waals surface area contributed by atoms with Crippen molar-refractivity contribution in [3.05, 3.63) is 47.6 Å². The third-order valence-electron chi connectivity index (χ3n) is 3.55. The molecule has 3 rings (SSSR count). The number of para-hydroxylation sites is 1. The average Bonchev–Trinajstić information content (AvgIpc) is 3.08. The van der Waals surface area contributed by atoms with Crippen molar-refractivity contribution in [2.75, 3.05) is 26.3 Å². The van der Waals surface area contributed by atoms with Gasteiger partial charge in [-0.3, -0.25) is 0 Å². The number of benzene rings is 1. The highest BCUT2D eigenvalue weighted by molar-refractivity contribution is 5.78. The first-order chi connectivity index (χ1) is 11.7. The molecular weight excluding hydrogens is 315 g/mol. The summed E-state index contributed by atoms with van der Waals surface area (Å²) < 4.78 is 29.3. The molecular formula is C16H19FN4O3. The number of nitrogens with zero attached hydrogens (tertiary/aromatic N) is 3. The Balaban J connectivity index is 1.52. The third kappa shape index (κ3) is 4.23. The van der Waals surface area contributed by atoms with Crippen LogP contribution in [0, 0.1) is 5.82 Å². The minimum atomic E-state index is -0.417. The van der Waals surface area contributed by atoms with Crippen LogP contribution in [-0.2, 0) is 17.9 Å². The van der Waals surface area contributed by atoms with E-state index >= 15 is 0 Å². The molecule has 0 saturated carbocycles. The quantitative estimate of drug-likeness (QED) is 0.659. The fourth-order valence-electron chi connectivity index (χ4n) is 2.26. The van der Waals surface area contributed by atoms with Gasteiger partial charge in [-0.1, -0.05) is 17.3 Å². The molecule has 0 bridgehead atoms. The van der Waals surface area contributed by atoms with Crippen LogP contribution in [0.3, 0.4) is 0 Å². The molecule has 1 aliphatic heterocycles. The van der Waals surface area contributed by atoms with Gasteiger partial charge in [-0.05, 0) is 12.1 Å². The smallest absolute Gasteiger partial charge is 0.191 e. The van der Waals surface area contributed by atoms with E-state index in [0.717, 1.165) is 13.1 Å². The van der Waals surface area contributed by atoms with Gasteiger partial charge in [-0.15, -0.1) is 0 Å². The summed E-state index contributed by atoms with van der Waals surface area (Å²) in [4.78, 5) is 6.27. The second-order valence-electron chi connectivity index (χ2n) is 5.28. The molecule has 0 aliphatic carbocycles. The number of halogens is 1. The Hall–Kier alpha value is -2.61. The SMILES string of the molecule is NC(=NCc1cc(COc2ccccc2F)on1)N1CCOCC1. The van der Waals surface area contributed by atoms with Gasteiger partial charge in [0, 0.05) is 19.2 Å². The van der Waals surface area contributed by atoms with Gasteiger partial charge in [0.05, 0.1) is 19.8 Å². The molecule has 1 saturated heterocycles. The summed E-state index contributed by atoms with van der Waals surface area (Å²) in [7, 11) is 0. The third-order valence-corrected chi connectivity index (χ3v) is 3.55. The van der Waals surface area contributed by atoms with Gasteiger partial charge in [-0.2, -0.15) is 0 Å². The van der Waals surface area contributed by atoms with Crippen molar-refractivity contribution < 1.29 is 18.4 Å². The van der Waals surface area contributed by atoms with Gasteiger partial charge in [0.15, 0.2) is 23.3 Å². The maximum Gasteiger partial charge on any atom is 0.191 e. The molecule has 0 amide bonds. The number of rotatable bonds is 5. The van der Waals surface area contributed by atoms with E-state index in [1.54, 1.807) is 24.3 Å². The molecule has 0 unspecified atom stereocenters. The van der Waals surface area contributed by atoms with E-state index in [-0.39, 0.29) is 12.4 Å². The van der Waals surface area contributed by atoms with E-state index in [9.17, 15) is 4.39 Å². The van der Waals surface area contributed by atoms with Crippen LogP contribution in [0.4, 0.5) is 4.39 Å². The highest BCUT2D eigenvalue weighted by Gasteiger charge is 2.12. The standard InChI is InChI=1S/C16H19FN4O3/c17-14-3-1-2-4-15(14)23-11-13-9-12(20-24-13)10-19-16(18)21-5-7-22-8-6-21/h1-4,9H,5-8,10-11H2,(H2,18,19). The Morgan fingerprint density at radius 2 is 2.12 bits per heavy atom. The monoisotopic (exact) mass is 334 g/mol. The molecule has 2 N–H and O–H groups in total. The molecule has 2 heterocycles. The van der Waals surface area contributed by atoms with Gasteiger partial charge >= 0.3 is 0 Å². The molecule has 1 aliphatic rings. The lowest BCUT2D eigenvalue weighted by molar-refractivity contribution is 0.0674. The number of hydrogen-bond donors (Lipinski definition) is 1. The summed E-state index contributed by atoms with van der Waals surface area (Å²) in [6, 6.07) is 7.92. The van der Waals surface area contributed by atoms with Crippen molar-refractivity contribution in [1.82, 2.24) is 10.1 Å². The van der Waals surface area contributed by atoms with Crippen LogP contribution < -0.4 is 10.5 Å². The van der Waals surface area contributed by atoms with Crippen molar-refractivity contribution in [3.8, 4) is 5.75 Å². The van der Waals surface area contributed by atoms with Gasteiger partial charge in [-0.25, -0.2) is 9.38 Å². The number of morpholine rings is 1. The summed E-state index contributed by atoms with van der Waals surface area (Å²) in [6.07, 6.45) is 0. The van der Waals surface area contributed by atoms with Crippen LogP contribution in [-0.4, -0.2) is 42.3 Å². The first-order valence-electron chi connectivity index (χ1n) is 7.67. The van der Waals surface area contributed by atoms with Gasteiger partial charge < -0.3 is 24.6 Å². The molecule has 1 fully saturated rings. The Bertz CT molecular complexity index is 698. The van der Waals surface area contributed by atoms with Crippen LogP contribution >= 0.6 is 0 Å². The molecule has 1 aromatic carbocycles. The van der Waals surface area contributed by atoms with Crippen molar-refractivity contribution >= 4 is 5.96 Å². The Kier molecular flexibility index (Phi) is 5.27.